The maximum atomic E-state index is 12.6. The molecule has 7 amide bonds. The van der Waals surface area contributed by atoms with Crippen molar-refractivity contribution >= 4 is 83.7 Å². The van der Waals surface area contributed by atoms with E-state index in [4.69, 9.17) is 44.8 Å². The van der Waals surface area contributed by atoms with Crippen LogP contribution in [0.1, 0.15) is 216 Å². The first kappa shape index (κ1) is 117. The Bertz CT molecular complexity index is 4720. The third-order valence-electron chi connectivity index (χ3n) is 27.3. The summed E-state index contributed by atoms with van der Waals surface area (Å²) in [5, 5.41) is 53.5. The minimum atomic E-state index is -1.01. The number of hydrogen-bond donors (Lipinski definition) is 7. The molecule has 4 atom stereocenters. The number of amides is 7. The van der Waals surface area contributed by atoms with E-state index in [2.05, 4.69) is 32.6 Å². The van der Waals surface area contributed by atoms with Crippen LogP contribution in [0, 0.1) is 0 Å². The third kappa shape index (κ3) is 39.9. The molecule has 0 spiro atoms. The van der Waals surface area contributed by atoms with E-state index in [9.17, 15) is 68.4 Å². The number of halogens is 2. The number of ketones is 2. The molecule has 0 aliphatic carbocycles. The molecular formula is C109H155Cl2N11O22. The predicted molar refractivity (Wildman–Crippen MR) is 550 cm³/mol. The molecule has 6 aromatic rings. The number of likely N-dealkylation sites (tertiary alicyclic amines) is 8. The number of likely N-dealkylation sites (N-methyl/N-ethyl adjacent to an activating group) is 1. The van der Waals surface area contributed by atoms with Crippen LogP contribution in [0.15, 0.2) is 182 Å². The van der Waals surface area contributed by atoms with Gasteiger partial charge in [0.25, 0.3) is 0 Å². The number of nitrogens with zero attached hydrogens (tertiary/aromatic N) is 8. The summed E-state index contributed by atoms with van der Waals surface area (Å²) < 4.78 is 41.9. The Kier molecular flexibility index (Phi) is 48.0. The Balaban J connectivity index is 0.000000188. The van der Waals surface area contributed by atoms with E-state index in [1.165, 1.54) is 0 Å². The number of Topliss-reactive ketones (excluding diaryl/α,β-unsaturated/α-hetero) is 2. The van der Waals surface area contributed by atoms with Crippen LogP contribution in [0.3, 0.4) is 0 Å². The van der Waals surface area contributed by atoms with Crippen molar-refractivity contribution in [3.05, 3.63) is 215 Å². The molecule has 4 unspecified atom stereocenters. The average molecular weight is 2040 g/mol. The quantitative estimate of drug-likeness (QED) is 0.0349. The molecule has 11 heterocycles. The van der Waals surface area contributed by atoms with Gasteiger partial charge in [0, 0.05) is 154 Å². The molecule has 0 saturated carbocycles. The van der Waals surface area contributed by atoms with E-state index in [0.29, 0.717) is 162 Å². The van der Waals surface area contributed by atoms with Gasteiger partial charge in [-0.3, -0.25) is 9.59 Å². The van der Waals surface area contributed by atoms with Crippen molar-refractivity contribution in [1.82, 2.24) is 55.1 Å². The summed E-state index contributed by atoms with van der Waals surface area (Å²) in [6.07, 6.45) is 15.1. The van der Waals surface area contributed by atoms with E-state index in [1.807, 2.05) is 224 Å². The number of rotatable bonds is 16. The van der Waals surface area contributed by atoms with E-state index in [-0.39, 0.29) is 110 Å². The second-order valence-electron chi connectivity index (χ2n) is 40.3. The zero-order valence-corrected chi connectivity index (χ0v) is 86.7. The first-order valence-corrected chi connectivity index (χ1v) is 51.3. The Morgan fingerprint density at radius 1 is 0.319 bits per heavy atom. The minimum absolute atomic E-state index is 0. The van der Waals surface area contributed by atoms with Crippen molar-refractivity contribution in [2.75, 3.05) is 125 Å². The van der Waals surface area contributed by atoms with Gasteiger partial charge in [-0.15, -0.1) is 12.4 Å². The van der Waals surface area contributed by atoms with Crippen LogP contribution >= 0.6 is 24.0 Å². The Hall–Kier alpha value is -10.7. The van der Waals surface area contributed by atoms with Gasteiger partial charge in [0.05, 0.1) is 28.4 Å². The van der Waals surface area contributed by atoms with E-state index < -0.39 is 33.4 Å². The predicted octanol–water partition coefficient (Wildman–Crippen LogP) is 16.5. The lowest BCUT2D eigenvalue weighted by molar-refractivity contribution is -0.121. The lowest BCUT2D eigenvalue weighted by Gasteiger charge is -2.44. The number of benzene rings is 6. The van der Waals surface area contributed by atoms with Crippen molar-refractivity contribution in [2.24, 2.45) is 0 Å². The third-order valence-corrected chi connectivity index (χ3v) is 27.4. The molecular weight excluding hydrogens is 1890 g/mol. The lowest BCUT2D eigenvalue weighted by atomic mass is 9.83. The van der Waals surface area contributed by atoms with E-state index in [0.717, 1.165) is 156 Å². The van der Waals surface area contributed by atoms with Crippen LogP contribution in [0.4, 0.5) is 38.4 Å². The monoisotopic (exact) mass is 2040 g/mol. The number of piperidine rings is 6. The van der Waals surface area contributed by atoms with Crippen molar-refractivity contribution in [2.45, 2.75) is 280 Å². The largest absolute Gasteiger partial charge is 0.449 e. The van der Waals surface area contributed by atoms with Crippen molar-refractivity contribution in [3.8, 4) is 0 Å². The summed E-state index contributed by atoms with van der Waals surface area (Å²) in [5.74, 6) is 0.621. The fourth-order valence-corrected chi connectivity index (χ4v) is 19.1. The van der Waals surface area contributed by atoms with Crippen molar-refractivity contribution < 1.29 is 106 Å². The van der Waals surface area contributed by atoms with Crippen LogP contribution in [0.5, 0.6) is 0 Å². The zero-order chi connectivity index (χ0) is 103. The molecule has 144 heavy (non-hydrogen) atoms. The topological polar surface area (TPSA) is 387 Å². The summed E-state index contributed by atoms with van der Waals surface area (Å²) in [6.45, 7) is 25.0. The smallest absolute Gasteiger partial charge is 0.410 e. The highest BCUT2D eigenvalue weighted by molar-refractivity contribution is 6.61. The summed E-state index contributed by atoms with van der Waals surface area (Å²) in [7, 11) is 2.08. The normalized spacial score (nSPS) is 20.9. The van der Waals surface area contributed by atoms with Crippen LogP contribution in [0.2, 0.25) is 0 Å². The second-order valence-corrected chi connectivity index (χ2v) is 40.6. The average Bonchev–Trinajstić information content (AvgIpc) is 1.59. The molecule has 0 aromatic heterocycles. The first-order chi connectivity index (χ1) is 68.5. The number of nitrogens with one attached hydrogen (secondary N) is 3. The van der Waals surface area contributed by atoms with Crippen LogP contribution < -0.4 is 16.0 Å². The Morgan fingerprint density at radius 2 is 0.590 bits per heavy atom. The molecule has 6 aromatic carbocycles. The molecule has 33 nitrogen and oxygen atoms in total. The summed E-state index contributed by atoms with van der Waals surface area (Å²) >= 11 is 4.97. The van der Waals surface area contributed by atoms with Gasteiger partial charge in [-0.05, 0) is 217 Å². The summed E-state index contributed by atoms with van der Waals surface area (Å²) in [5.41, 5.74) is 1.07. The Morgan fingerprint density at radius 3 is 0.868 bits per heavy atom. The Labute approximate surface area is 860 Å². The summed E-state index contributed by atoms with van der Waals surface area (Å²) in [4.78, 5) is 130. The van der Waals surface area contributed by atoms with E-state index in [1.54, 1.807) is 34.3 Å². The molecule has 11 saturated heterocycles. The number of carbonyl (C=O) groups excluding carboxylic acids is 10. The van der Waals surface area contributed by atoms with Crippen molar-refractivity contribution in [3.63, 3.8) is 0 Å². The molecule has 11 fully saturated rings. The number of carbonyl (C=O) groups is 10. The van der Waals surface area contributed by atoms with Gasteiger partial charge < -0.3 is 113 Å². The summed E-state index contributed by atoms with van der Waals surface area (Å²) in [6, 6.07) is 57.8. The highest BCUT2D eigenvalue weighted by atomic mass is 35.5. The van der Waals surface area contributed by atoms with Crippen LogP contribution in [0.25, 0.3) is 0 Å². The van der Waals surface area contributed by atoms with Gasteiger partial charge in [0.15, 0.2) is 0 Å². The molecule has 0 bridgehead atoms. The van der Waals surface area contributed by atoms with Crippen LogP contribution in [-0.2, 0) is 87.1 Å². The fourth-order valence-electron chi connectivity index (χ4n) is 19.0. The molecule has 7 N–H and O–H groups in total. The number of ether oxygens (including phenoxy) is 8. The first-order valence-electron chi connectivity index (χ1n) is 51.0. The molecule has 35 heteroatoms. The highest BCUT2D eigenvalue weighted by Gasteiger charge is 2.50. The molecule has 11 aliphatic rings. The number of aliphatic hydroxyl groups is 4. The van der Waals surface area contributed by atoms with Crippen LogP contribution in [-0.4, -0.2) is 302 Å². The maximum Gasteiger partial charge on any atom is 0.410 e. The zero-order valence-electron chi connectivity index (χ0n) is 85.2. The highest BCUT2D eigenvalue weighted by Crippen LogP contribution is 2.39. The van der Waals surface area contributed by atoms with Gasteiger partial charge in [0.1, 0.15) is 62.4 Å². The van der Waals surface area contributed by atoms with Gasteiger partial charge in [-0.25, -0.2) is 38.4 Å². The number of hydrogen-bond acceptors (Lipinski definition) is 26. The SMILES string of the molecule is CC(C)(C)OC(=O)N1CCCC1.CC(C)(C)OC(=O)N1CCCC1C1(O)CCN(C(=O)OCc2ccccc2)CC1.CN1CCCC1C1(O)CCN(C(=O)OCc2ccccc2)CC1.Cl.O=C(Cl)OCc1ccccc1.O=C(OCc1ccccc1)N1CCC(O)(C2CCCN2)CC1.O=C(OCc1ccccc1)N1CCC(O)(C2CCCN2)CC1.O=C1CCN(C(=O)OCc2ccccc2)CC1.O=C1CCNCC1. The standard InChI is InChI=1S/C22H32N2O5.C18H26N2O3.2C17H24N2O3.C13H15NO3.C9H17NO2.C8H7ClO2.C5H9NO.ClH/c1-21(2,3)29-20(26)24-13-7-10-18(24)22(27)11-14-23(15-12-22)19(25)28-16-17-8-5-4-6-9-17;1-19-11-5-8-16(19)18(22)9-12-20(13-10-18)17(21)23-14-15-6-3-2-4-7-15;2*20-16(22-13-14-5-2-1-3-6-14)19-11-8-17(21,9-12-19)15-7-4-10-18-15;15-12-6-8-14(9-7-12)13(16)17-10-11-4-2-1-3-5-11;1-9(2,3)12-8(11)10-6-4-5-7-10;9-8(10)11-6-7-4-2-1-3-5-7;7-5-1-3-6-4-2-5;/h4-6,8-9,18,27H,7,10-16H2,1-3H3;2-4,6-7,16,22H,5,8-14H2,1H3;2*1-3,5-6,15,18,21H,4,7-13H2;1-5H,6-10H2;4-7H2,1-3H3;1-5H,6H2;6H,1-4H2;1H. The van der Waals surface area contributed by atoms with E-state index >= 15 is 0 Å². The maximum absolute atomic E-state index is 12.6. The van der Waals surface area contributed by atoms with Gasteiger partial charge in [-0.2, -0.15) is 0 Å². The van der Waals surface area contributed by atoms with Crippen molar-refractivity contribution in [1.29, 1.82) is 0 Å². The van der Waals surface area contributed by atoms with Gasteiger partial charge in [0.2, 0.25) is 0 Å². The second kappa shape index (κ2) is 59.2. The van der Waals surface area contributed by atoms with Gasteiger partial charge >= 0.3 is 48.1 Å². The molecule has 11 aliphatic heterocycles. The molecule has 792 valence electrons. The molecule has 0 radical (unpaired) electrons. The van der Waals surface area contributed by atoms with Gasteiger partial charge in [-0.1, -0.05) is 182 Å². The molecule has 17 rings (SSSR count). The minimum Gasteiger partial charge on any atom is -0.449 e. The fraction of sp³-hybridized carbons (Fsp3) is 0.578. The lowest BCUT2D eigenvalue weighted by Crippen LogP contribution is -2.58.